The predicted molar refractivity (Wildman–Crippen MR) is 87.7 cm³/mol. The number of rotatable bonds is 4. The van der Waals surface area contributed by atoms with E-state index in [9.17, 15) is 0 Å². The van der Waals surface area contributed by atoms with Gasteiger partial charge in [0.05, 0.1) is 18.2 Å². The van der Waals surface area contributed by atoms with Gasteiger partial charge in [0.1, 0.15) is 6.10 Å². The lowest BCUT2D eigenvalue weighted by Crippen LogP contribution is -2.52. The summed E-state index contributed by atoms with van der Waals surface area (Å²) in [6.45, 7) is 9.12. The van der Waals surface area contributed by atoms with Gasteiger partial charge in [-0.1, -0.05) is 13.8 Å². The first-order valence-corrected chi connectivity index (χ1v) is 8.73. The van der Waals surface area contributed by atoms with Gasteiger partial charge in [-0.2, -0.15) is 0 Å². The smallest absolute Gasteiger partial charge is 0.100 e. The van der Waals surface area contributed by atoms with Gasteiger partial charge in [0.15, 0.2) is 0 Å². The van der Waals surface area contributed by atoms with Crippen molar-refractivity contribution in [1.82, 2.24) is 19.8 Å². The second-order valence-corrected chi connectivity index (χ2v) is 6.94. The van der Waals surface area contributed by atoms with Gasteiger partial charge in [0, 0.05) is 32.3 Å². The number of hydrogen-bond donors (Lipinski definition) is 1. The van der Waals surface area contributed by atoms with Crippen molar-refractivity contribution >= 4 is 0 Å². The number of likely N-dealkylation sites (tertiary alicyclic amines) is 1. The van der Waals surface area contributed by atoms with E-state index in [1.165, 1.54) is 31.7 Å². The van der Waals surface area contributed by atoms with Crippen molar-refractivity contribution < 1.29 is 4.74 Å². The van der Waals surface area contributed by atoms with E-state index in [0.717, 1.165) is 25.4 Å². The third kappa shape index (κ3) is 3.53. The average Bonchev–Trinajstić information content (AvgIpc) is 2.96. The summed E-state index contributed by atoms with van der Waals surface area (Å²) in [6.07, 6.45) is 7.43. The Balaban J connectivity index is 1.56. The molecule has 0 spiro atoms. The number of hydrogen-bond acceptors (Lipinski definition) is 4. The van der Waals surface area contributed by atoms with Crippen LogP contribution in [0.3, 0.4) is 0 Å². The number of nitrogens with one attached hydrogen (secondary N) is 1. The first-order chi connectivity index (χ1) is 10.7. The molecule has 0 radical (unpaired) electrons. The van der Waals surface area contributed by atoms with Crippen LogP contribution in [0, 0.1) is 5.92 Å². The lowest BCUT2D eigenvalue weighted by Gasteiger charge is -2.40. The maximum absolute atomic E-state index is 5.97. The lowest BCUT2D eigenvalue weighted by molar-refractivity contribution is -0.00906. The summed E-state index contributed by atoms with van der Waals surface area (Å²) in [5.74, 6) is 0.728. The highest BCUT2D eigenvalue weighted by atomic mass is 16.5. The molecular weight excluding hydrogens is 276 g/mol. The van der Waals surface area contributed by atoms with E-state index in [0.29, 0.717) is 12.1 Å². The van der Waals surface area contributed by atoms with Crippen molar-refractivity contribution in [3.63, 3.8) is 0 Å². The average molecular weight is 306 g/mol. The maximum Gasteiger partial charge on any atom is 0.100 e. The summed E-state index contributed by atoms with van der Waals surface area (Å²) in [7, 11) is 2.05. The van der Waals surface area contributed by atoms with Gasteiger partial charge in [-0.25, -0.2) is 4.98 Å². The molecule has 2 fully saturated rings. The Kier molecular flexibility index (Phi) is 5.16. The normalized spacial score (nSPS) is 34.0. The SMILES string of the molecule is CCN1CC[C@H](N[C@@H]2CCO[C@@H](c3cncn3C)C2)[C@@H](C)C1. The van der Waals surface area contributed by atoms with Gasteiger partial charge in [0.25, 0.3) is 0 Å². The zero-order chi connectivity index (χ0) is 15.5. The molecule has 0 aliphatic carbocycles. The Hall–Kier alpha value is -0.910. The van der Waals surface area contributed by atoms with Crippen LogP contribution in [-0.4, -0.2) is 52.8 Å². The number of nitrogens with zero attached hydrogens (tertiary/aromatic N) is 3. The van der Waals surface area contributed by atoms with Gasteiger partial charge in [0.2, 0.25) is 0 Å². The molecule has 1 N–H and O–H groups in total. The highest BCUT2D eigenvalue weighted by molar-refractivity contribution is 5.04. The van der Waals surface area contributed by atoms with Gasteiger partial charge in [-0.15, -0.1) is 0 Å². The third-order valence-electron chi connectivity index (χ3n) is 5.35. The third-order valence-corrected chi connectivity index (χ3v) is 5.35. The van der Waals surface area contributed by atoms with E-state index in [1.807, 2.05) is 19.6 Å². The van der Waals surface area contributed by atoms with Crippen LogP contribution in [0.4, 0.5) is 0 Å². The molecule has 3 heterocycles. The second-order valence-electron chi connectivity index (χ2n) is 6.94. The molecule has 0 aromatic carbocycles. The van der Waals surface area contributed by atoms with Crippen molar-refractivity contribution in [2.24, 2.45) is 13.0 Å². The standard InChI is InChI=1S/C17H30N4O/c1-4-21-7-5-15(13(2)11-21)19-14-6-8-22-17(9-14)16-10-18-12-20(16)3/h10,12-15,17,19H,4-9,11H2,1-3H3/t13-,14+,15-,17+/m0/s1. The molecular formula is C17H30N4O. The zero-order valence-electron chi connectivity index (χ0n) is 14.2. The largest absolute Gasteiger partial charge is 0.372 e. The number of imidazole rings is 1. The van der Waals surface area contributed by atoms with E-state index < -0.39 is 0 Å². The fourth-order valence-electron chi connectivity index (χ4n) is 3.90. The molecule has 1 aromatic heterocycles. The minimum Gasteiger partial charge on any atom is -0.372 e. The summed E-state index contributed by atoms with van der Waals surface area (Å²) >= 11 is 0. The van der Waals surface area contributed by atoms with E-state index in [4.69, 9.17) is 4.74 Å². The molecule has 22 heavy (non-hydrogen) atoms. The number of ether oxygens (including phenoxy) is 1. The topological polar surface area (TPSA) is 42.3 Å². The molecule has 2 aliphatic rings. The zero-order valence-corrected chi connectivity index (χ0v) is 14.2. The van der Waals surface area contributed by atoms with Crippen LogP contribution in [-0.2, 0) is 11.8 Å². The van der Waals surface area contributed by atoms with Gasteiger partial charge >= 0.3 is 0 Å². The Bertz CT molecular complexity index is 475. The van der Waals surface area contributed by atoms with Gasteiger partial charge in [-0.05, 0) is 38.3 Å². The molecule has 1 aromatic rings. The van der Waals surface area contributed by atoms with Crippen LogP contribution < -0.4 is 5.32 Å². The van der Waals surface area contributed by atoms with Crippen molar-refractivity contribution in [3.8, 4) is 0 Å². The monoisotopic (exact) mass is 306 g/mol. The molecule has 0 bridgehead atoms. The first-order valence-electron chi connectivity index (χ1n) is 8.73. The fraction of sp³-hybridized carbons (Fsp3) is 0.824. The number of piperidine rings is 1. The predicted octanol–water partition coefficient (Wildman–Crippen LogP) is 1.96. The van der Waals surface area contributed by atoms with Crippen molar-refractivity contribution in [1.29, 1.82) is 0 Å². The van der Waals surface area contributed by atoms with Crippen LogP contribution in [0.1, 0.15) is 44.9 Å². The molecule has 0 unspecified atom stereocenters. The van der Waals surface area contributed by atoms with Gasteiger partial charge < -0.3 is 19.5 Å². The molecule has 5 nitrogen and oxygen atoms in total. The van der Waals surface area contributed by atoms with Gasteiger partial charge in [-0.3, -0.25) is 0 Å². The molecule has 5 heteroatoms. The van der Waals surface area contributed by atoms with Crippen molar-refractivity contribution in [2.45, 2.75) is 51.3 Å². The molecule has 3 rings (SSSR count). The summed E-state index contributed by atoms with van der Waals surface area (Å²) in [5.41, 5.74) is 1.19. The number of aryl methyl sites for hydroxylation is 1. The Morgan fingerprint density at radius 1 is 1.41 bits per heavy atom. The van der Waals surface area contributed by atoms with Crippen molar-refractivity contribution in [3.05, 3.63) is 18.2 Å². The Labute approximate surface area is 134 Å². The van der Waals surface area contributed by atoms with Crippen LogP contribution in [0.15, 0.2) is 12.5 Å². The first kappa shape index (κ1) is 16.0. The van der Waals surface area contributed by atoms with Crippen LogP contribution in [0.2, 0.25) is 0 Å². The molecule has 4 atom stereocenters. The van der Waals surface area contributed by atoms with Crippen LogP contribution >= 0.6 is 0 Å². The van der Waals surface area contributed by atoms with E-state index in [1.54, 1.807) is 0 Å². The van der Waals surface area contributed by atoms with E-state index in [-0.39, 0.29) is 6.10 Å². The molecule has 124 valence electrons. The fourth-order valence-corrected chi connectivity index (χ4v) is 3.90. The molecule has 0 saturated carbocycles. The molecule has 2 saturated heterocycles. The lowest BCUT2D eigenvalue weighted by atomic mass is 9.91. The Morgan fingerprint density at radius 2 is 2.27 bits per heavy atom. The van der Waals surface area contributed by atoms with E-state index in [2.05, 4.69) is 33.6 Å². The highest BCUT2D eigenvalue weighted by Crippen LogP contribution is 2.29. The Morgan fingerprint density at radius 3 is 2.95 bits per heavy atom. The quantitative estimate of drug-likeness (QED) is 0.923. The summed E-state index contributed by atoms with van der Waals surface area (Å²) in [6, 6.07) is 1.22. The van der Waals surface area contributed by atoms with E-state index >= 15 is 0 Å². The van der Waals surface area contributed by atoms with Crippen LogP contribution in [0.25, 0.3) is 0 Å². The number of aromatic nitrogens is 2. The minimum atomic E-state index is 0.185. The molecule has 0 amide bonds. The second kappa shape index (κ2) is 7.11. The van der Waals surface area contributed by atoms with Crippen LogP contribution in [0.5, 0.6) is 0 Å². The highest BCUT2D eigenvalue weighted by Gasteiger charge is 2.31. The summed E-state index contributed by atoms with van der Waals surface area (Å²) < 4.78 is 8.05. The molecule has 2 aliphatic heterocycles. The summed E-state index contributed by atoms with van der Waals surface area (Å²) in [5, 5.41) is 3.93. The van der Waals surface area contributed by atoms with Crippen molar-refractivity contribution in [2.75, 3.05) is 26.2 Å². The minimum absolute atomic E-state index is 0.185. The maximum atomic E-state index is 5.97. The summed E-state index contributed by atoms with van der Waals surface area (Å²) in [4.78, 5) is 6.79.